The van der Waals surface area contributed by atoms with Gasteiger partial charge in [-0.1, -0.05) is 19.3 Å². The Labute approximate surface area is 69.6 Å². The van der Waals surface area contributed by atoms with Crippen molar-refractivity contribution in [1.29, 1.82) is 0 Å². The van der Waals surface area contributed by atoms with Gasteiger partial charge in [0.15, 0.2) is 0 Å². The zero-order valence-corrected chi connectivity index (χ0v) is 7.53. The van der Waals surface area contributed by atoms with E-state index in [-0.39, 0.29) is 0 Å². The van der Waals surface area contributed by atoms with Crippen molar-refractivity contribution < 1.29 is 0 Å². The molecule has 0 aromatic carbocycles. The van der Waals surface area contributed by atoms with E-state index >= 15 is 0 Å². The van der Waals surface area contributed by atoms with Crippen LogP contribution in [0, 0.1) is 5.41 Å². The SMILES string of the molecule is C[C@H]1CC2(CCCCC2)CN1. The third kappa shape index (κ3) is 1.44. The van der Waals surface area contributed by atoms with E-state index in [0.29, 0.717) is 0 Å². The highest BCUT2D eigenvalue weighted by atomic mass is 15.0. The first-order valence-electron chi connectivity index (χ1n) is 5.04. The summed E-state index contributed by atoms with van der Waals surface area (Å²) in [6.07, 6.45) is 8.86. The van der Waals surface area contributed by atoms with Gasteiger partial charge in [-0.25, -0.2) is 0 Å². The predicted molar refractivity (Wildman–Crippen MR) is 47.6 cm³/mol. The molecule has 1 nitrogen and oxygen atoms in total. The molecule has 1 saturated heterocycles. The Morgan fingerprint density at radius 3 is 2.45 bits per heavy atom. The maximum Gasteiger partial charge on any atom is 0.00447 e. The summed E-state index contributed by atoms with van der Waals surface area (Å²) < 4.78 is 0. The highest BCUT2D eigenvalue weighted by Crippen LogP contribution is 2.42. The minimum atomic E-state index is 0.734. The molecule has 11 heavy (non-hydrogen) atoms. The van der Waals surface area contributed by atoms with Crippen LogP contribution in [0.3, 0.4) is 0 Å². The van der Waals surface area contributed by atoms with Gasteiger partial charge in [-0.3, -0.25) is 0 Å². The van der Waals surface area contributed by atoms with Gasteiger partial charge < -0.3 is 5.32 Å². The van der Waals surface area contributed by atoms with E-state index in [2.05, 4.69) is 12.2 Å². The van der Waals surface area contributed by atoms with Crippen LogP contribution in [0.25, 0.3) is 0 Å². The fourth-order valence-corrected chi connectivity index (χ4v) is 2.87. The van der Waals surface area contributed by atoms with Crippen molar-refractivity contribution in [3.63, 3.8) is 0 Å². The maximum absolute atomic E-state index is 3.58. The number of nitrogens with one attached hydrogen (secondary N) is 1. The summed E-state index contributed by atoms with van der Waals surface area (Å²) in [7, 11) is 0. The van der Waals surface area contributed by atoms with Crippen molar-refractivity contribution in [3.05, 3.63) is 0 Å². The second-order valence-corrected chi connectivity index (χ2v) is 4.55. The van der Waals surface area contributed by atoms with Crippen LogP contribution in [0.15, 0.2) is 0 Å². The van der Waals surface area contributed by atoms with Gasteiger partial charge in [0, 0.05) is 12.6 Å². The molecule has 1 atom stereocenters. The van der Waals surface area contributed by atoms with Crippen LogP contribution in [0.4, 0.5) is 0 Å². The summed E-state index contributed by atoms with van der Waals surface area (Å²) in [4.78, 5) is 0. The van der Waals surface area contributed by atoms with Gasteiger partial charge in [-0.2, -0.15) is 0 Å². The van der Waals surface area contributed by atoms with E-state index in [1.165, 1.54) is 45.1 Å². The van der Waals surface area contributed by atoms with E-state index in [9.17, 15) is 0 Å². The van der Waals surface area contributed by atoms with Gasteiger partial charge in [-0.15, -0.1) is 0 Å². The maximum atomic E-state index is 3.58. The van der Waals surface area contributed by atoms with Crippen molar-refractivity contribution in [1.82, 2.24) is 5.32 Å². The molecule has 0 amide bonds. The van der Waals surface area contributed by atoms with Crippen molar-refractivity contribution in [2.24, 2.45) is 5.41 Å². The summed E-state index contributed by atoms with van der Waals surface area (Å²) in [5, 5.41) is 3.58. The van der Waals surface area contributed by atoms with Gasteiger partial charge in [0.25, 0.3) is 0 Å². The summed E-state index contributed by atoms with van der Waals surface area (Å²) in [6, 6.07) is 0.785. The third-order valence-corrected chi connectivity index (χ3v) is 3.48. The first-order valence-corrected chi connectivity index (χ1v) is 5.04. The fourth-order valence-electron chi connectivity index (χ4n) is 2.87. The molecule has 1 aliphatic carbocycles. The minimum absolute atomic E-state index is 0.734. The lowest BCUT2D eigenvalue weighted by molar-refractivity contribution is 0.212. The minimum Gasteiger partial charge on any atom is -0.314 e. The van der Waals surface area contributed by atoms with Crippen LogP contribution in [0.1, 0.15) is 45.4 Å². The molecule has 0 bridgehead atoms. The quantitative estimate of drug-likeness (QED) is 0.563. The molecule has 2 rings (SSSR count). The summed E-state index contributed by atoms with van der Waals surface area (Å²) in [5.74, 6) is 0. The lowest BCUT2D eigenvalue weighted by Crippen LogP contribution is -2.26. The van der Waals surface area contributed by atoms with Crippen molar-refractivity contribution >= 4 is 0 Å². The molecule has 2 aliphatic rings. The lowest BCUT2D eigenvalue weighted by Gasteiger charge is -2.32. The topological polar surface area (TPSA) is 12.0 Å². The second-order valence-electron chi connectivity index (χ2n) is 4.55. The largest absolute Gasteiger partial charge is 0.314 e. The molecule has 1 saturated carbocycles. The van der Waals surface area contributed by atoms with E-state index < -0.39 is 0 Å². The van der Waals surface area contributed by atoms with Crippen LogP contribution in [0.5, 0.6) is 0 Å². The van der Waals surface area contributed by atoms with Crippen LogP contribution < -0.4 is 5.32 Å². The van der Waals surface area contributed by atoms with E-state index in [1.807, 2.05) is 0 Å². The number of hydrogen-bond donors (Lipinski definition) is 1. The molecule has 0 aromatic rings. The molecule has 0 unspecified atom stereocenters. The average Bonchev–Trinajstić information content (AvgIpc) is 2.34. The van der Waals surface area contributed by atoms with E-state index in [1.54, 1.807) is 0 Å². The zero-order valence-electron chi connectivity index (χ0n) is 7.53. The first-order chi connectivity index (χ1) is 5.31. The van der Waals surface area contributed by atoms with Crippen molar-refractivity contribution in [2.45, 2.75) is 51.5 Å². The molecule has 1 aliphatic heterocycles. The Hall–Kier alpha value is -0.0400. The van der Waals surface area contributed by atoms with Crippen molar-refractivity contribution in [2.75, 3.05) is 6.54 Å². The standard InChI is InChI=1S/C10H19N/c1-9-7-10(8-11-9)5-3-2-4-6-10/h9,11H,2-8H2,1H3/t9-/m0/s1. The molecule has 1 N–H and O–H groups in total. The van der Waals surface area contributed by atoms with Gasteiger partial charge in [0.1, 0.15) is 0 Å². The van der Waals surface area contributed by atoms with Gasteiger partial charge in [0.05, 0.1) is 0 Å². The fraction of sp³-hybridized carbons (Fsp3) is 1.00. The molecular formula is C10H19N. The summed E-state index contributed by atoms with van der Waals surface area (Å²) >= 11 is 0. The Morgan fingerprint density at radius 2 is 1.91 bits per heavy atom. The van der Waals surface area contributed by atoms with Crippen LogP contribution in [0.2, 0.25) is 0 Å². The summed E-state index contributed by atoms with van der Waals surface area (Å²) in [5.41, 5.74) is 0.734. The molecule has 0 radical (unpaired) electrons. The smallest absolute Gasteiger partial charge is 0.00447 e. The van der Waals surface area contributed by atoms with Gasteiger partial charge in [0.2, 0.25) is 0 Å². The molecule has 1 heteroatoms. The Morgan fingerprint density at radius 1 is 1.18 bits per heavy atom. The normalized spacial score (nSPS) is 36.3. The number of hydrogen-bond acceptors (Lipinski definition) is 1. The Kier molecular flexibility index (Phi) is 1.92. The predicted octanol–water partition coefficient (Wildman–Crippen LogP) is 2.32. The monoisotopic (exact) mass is 153 g/mol. The van der Waals surface area contributed by atoms with E-state index in [4.69, 9.17) is 0 Å². The lowest BCUT2D eigenvalue weighted by atomic mass is 9.73. The molecule has 64 valence electrons. The highest BCUT2D eigenvalue weighted by molar-refractivity contribution is 4.93. The Balaban J connectivity index is 1.98. The second kappa shape index (κ2) is 2.78. The summed E-state index contributed by atoms with van der Waals surface area (Å²) in [6.45, 7) is 3.62. The van der Waals surface area contributed by atoms with Crippen LogP contribution in [-0.4, -0.2) is 12.6 Å². The Bertz CT molecular complexity index is 130. The molecule has 1 spiro atoms. The molecule has 1 heterocycles. The number of rotatable bonds is 0. The molecule has 2 fully saturated rings. The zero-order chi connectivity index (χ0) is 7.73. The van der Waals surface area contributed by atoms with E-state index in [0.717, 1.165) is 11.5 Å². The average molecular weight is 153 g/mol. The molecule has 0 aromatic heterocycles. The molecular weight excluding hydrogens is 134 g/mol. The van der Waals surface area contributed by atoms with Crippen LogP contribution in [-0.2, 0) is 0 Å². The van der Waals surface area contributed by atoms with Gasteiger partial charge in [-0.05, 0) is 31.6 Å². The van der Waals surface area contributed by atoms with Crippen LogP contribution >= 0.6 is 0 Å². The third-order valence-electron chi connectivity index (χ3n) is 3.48. The van der Waals surface area contributed by atoms with Crippen molar-refractivity contribution in [3.8, 4) is 0 Å². The first kappa shape index (κ1) is 7.60. The highest BCUT2D eigenvalue weighted by Gasteiger charge is 2.37. The van der Waals surface area contributed by atoms with Gasteiger partial charge >= 0.3 is 0 Å².